The quantitative estimate of drug-likeness (QED) is 0.847. The Kier molecular flexibility index (Phi) is 4.46. The number of nitrogens with zero attached hydrogens (tertiary/aromatic N) is 1. The van der Waals surface area contributed by atoms with Crippen LogP contribution in [0.15, 0.2) is 28.8 Å². The van der Waals surface area contributed by atoms with E-state index in [2.05, 4.69) is 16.4 Å². The molecule has 2 rings (SSSR count). The standard InChI is InChI=1S/C15H14N2O4/c1-4-7-16-15(18)11-9-13(21-17-11)10-5-6-12(19-2)14(8-10)20-3/h1,5-6,8-9H,7H2,2-3H3,(H,16,18). The van der Waals surface area contributed by atoms with Crippen molar-refractivity contribution in [3.63, 3.8) is 0 Å². The van der Waals surface area contributed by atoms with Gasteiger partial charge in [0.25, 0.3) is 5.91 Å². The first-order valence-electron chi connectivity index (χ1n) is 6.10. The Hall–Kier alpha value is -2.94. The van der Waals surface area contributed by atoms with Gasteiger partial charge in [0.1, 0.15) is 0 Å². The lowest BCUT2D eigenvalue weighted by molar-refractivity contribution is 0.0950. The van der Waals surface area contributed by atoms with E-state index >= 15 is 0 Å². The van der Waals surface area contributed by atoms with Crippen molar-refractivity contribution in [3.8, 4) is 35.2 Å². The second kappa shape index (κ2) is 6.48. The van der Waals surface area contributed by atoms with Gasteiger partial charge in [0.15, 0.2) is 23.0 Å². The fourth-order valence-corrected chi connectivity index (χ4v) is 1.73. The fraction of sp³-hybridized carbons (Fsp3) is 0.200. The third-order valence-corrected chi connectivity index (χ3v) is 2.76. The van der Waals surface area contributed by atoms with Crippen molar-refractivity contribution in [2.75, 3.05) is 20.8 Å². The molecule has 0 aliphatic heterocycles. The van der Waals surface area contributed by atoms with E-state index in [0.29, 0.717) is 17.3 Å². The van der Waals surface area contributed by atoms with Gasteiger partial charge in [0.2, 0.25) is 0 Å². The van der Waals surface area contributed by atoms with Gasteiger partial charge < -0.3 is 19.3 Å². The Morgan fingerprint density at radius 1 is 1.33 bits per heavy atom. The van der Waals surface area contributed by atoms with Crippen LogP contribution >= 0.6 is 0 Å². The molecule has 0 unspecified atom stereocenters. The van der Waals surface area contributed by atoms with Gasteiger partial charge in [-0.15, -0.1) is 6.42 Å². The van der Waals surface area contributed by atoms with Crippen molar-refractivity contribution >= 4 is 5.91 Å². The summed E-state index contributed by atoms with van der Waals surface area (Å²) < 4.78 is 15.5. The topological polar surface area (TPSA) is 73.6 Å². The number of rotatable bonds is 5. The molecule has 0 bridgehead atoms. The van der Waals surface area contributed by atoms with E-state index in [9.17, 15) is 4.79 Å². The number of amides is 1. The van der Waals surface area contributed by atoms with Gasteiger partial charge in [0, 0.05) is 11.6 Å². The van der Waals surface area contributed by atoms with Crippen LogP contribution in [0.2, 0.25) is 0 Å². The highest BCUT2D eigenvalue weighted by Crippen LogP contribution is 2.32. The van der Waals surface area contributed by atoms with Gasteiger partial charge in [-0.05, 0) is 18.2 Å². The first kappa shape index (κ1) is 14.5. The third kappa shape index (κ3) is 3.15. The molecular formula is C15H14N2O4. The summed E-state index contributed by atoms with van der Waals surface area (Å²) in [7, 11) is 3.10. The molecule has 6 heteroatoms. The average Bonchev–Trinajstić information content (AvgIpc) is 3.01. The van der Waals surface area contributed by atoms with Gasteiger partial charge in [0.05, 0.1) is 20.8 Å². The molecule has 1 N–H and O–H groups in total. The zero-order chi connectivity index (χ0) is 15.2. The van der Waals surface area contributed by atoms with Crippen LogP contribution in [-0.2, 0) is 0 Å². The largest absolute Gasteiger partial charge is 0.493 e. The summed E-state index contributed by atoms with van der Waals surface area (Å²) in [4.78, 5) is 11.7. The fourth-order valence-electron chi connectivity index (χ4n) is 1.73. The number of terminal acetylenes is 1. The SMILES string of the molecule is C#CCNC(=O)c1cc(-c2ccc(OC)c(OC)c2)on1. The Labute approximate surface area is 122 Å². The van der Waals surface area contributed by atoms with Crippen molar-refractivity contribution in [3.05, 3.63) is 30.0 Å². The number of hydrogen-bond acceptors (Lipinski definition) is 5. The molecule has 0 spiro atoms. The molecule has 1 aromatic heterocycles. The van der Waals surface area contributed by atoms with Crippen LogP contribution in [0.3, 0.4) is 0 Å². The molecule has 0 fully saturated rings. The molecule has 2 aromatic rings. The predicted molar refractivity (Wildman–Crippen MR) is 76.2 cm³/mol. The molecule has 1 amide bonds. The first-order chi connectivity index (χ1) is 10.2. The Morgan fingerprint density at radius 2 is 2.10 bits per heavy atom. The van der Waals surface area contributed by atoms with Gasteiger partial charge in [-0.1, -0.05) is 11.1 Å². The van der Waals surface area contributed by atoms with Crippen LogP contribution < -0.4 is 14.8 Å². The smallest absolute Gasteiger partial charge is 0.274 e. The number of methoxy groups -OCH3 is 2. The lowest BCUT2D eigenvalue weighted by Gasteiger charge is -2.07. The minimum absolute atomic E-state index is 0.136. The molecule has 1 heterocycles. The molecule has 0 aliphatic rings. The van der Waals surface area contributed by atoms with E-state index in [4.69, 9.17) is 20.4 Å². The Balaban J connectivity index is 2.25. The number of benzene rings is 1. The summed E-state index contributed by atoms with van der Waals surface area (Å²) in [5.41, 5.74) is 0.881. The number of aromatic nitrogens is 1. The maximum atomic E-state index is 11.7. The van der Waals surface area contributed by atoms with E-state index in [-0.39, 0.29) is 18.1 Å². The number of nitrogens with one attached hydrogen (secondary N) is 1. The molecule has 0 saturated carbocycles. The Bertz CT molecular complexity index is 685. The molecule has 0 aliphatic carbocycles. The highest BCUT2D eigenvalue weighted by atomic mass is 16.5. The summed E-state index contributed by atoms with van der Waals surface area (Å²) in [5, 5.41) is 6.23. The van der Waals surface area contributed by atoms with E-state index in [1.54, 1.807) is 32.4 Å². The summed E-state index contributed by atoms with van der Waals surface area (Å²) in [6.45, 7) is 0.136. The lowest BCUT2D eigenvalue weighted by Crippen LogP contribution is -2.23. The normalized spacial score (nSPS) is 9.76. The van der Waals surface area contributed by atoms with Crippen molar-refractivity contribution in [1.82, 2.24) is 10.5 Å². The molecule has 0 atom stereocenters. The minimum atomic E-state index is -0.386. The zero-order valence-electron chi connectivity index (χ0n) is 11.7. The summed E-state index contributed by atoms with van der Waals surface area (Å²) in [6.07, 6.45) is 5.08. The van der Waals surface area contributed by atoms with Gasteiger partial charge in [-0.3, -0.25) is 4.79 Å². The highest BCUT2D eigenvalue weighted by Gasteiger charge is 2.14. The van der Waals surface area contributed by atoms with E-state index < -0.39 is 0 Å². The van der Waals surface area contributed by atoms with Crippen molar-refractivity contribution < 1.29 is 18.8 Å². The molecule has 108 valence electrons. The monoisotopic (exact) mass is 286 g/mol. The van der Waals surface area contributed by atoms with Crippen molar-refractivity contribution in [2.45, 2.75) is 0 Å². The van der Waals surface area contributed by atoms with Crippen LogP contribution in [0, 0.1) is 12.3 Å². The molecule has 21 heavy (non-hydrogen) atoms. The van der Waals surface area contributed by atoms with Gasteiger partial charge in [-0.25, -0.2) is 0 Å². The molecule has 0 saturated heterocycles. The second-order valence-corrected chi connectivity index (χ2v) is 4.03. The summed E-state index contributed by atoms with van der Waals surface area (Å²) >= 11 is 0. The van der Waals surface area contributed by atoms with E-state index in [1.165, 1.54) is 6.07 Å². The van der Waals surface area contributed by atoms with Crippen LogP contribution in [0.4, 0.5) is 0 Å². The van der Waals surface area contributed by atoms with Crippen molar-refractivity contribution in [2.24, 2.45) is 0 Å². The first-order valence-corrected chi connectivity index (χ1v) is 6.10. The summed E-state index contributed by atoms with van der Waals surface area (Å²) in [6, 6.07) is 6.80. The highest BCUT2D eigenvalue weighted by molar-refractivity contribution is 5.93. The molecule has 6 nitrogen and oxygen atoms in total. The van der Waals surface area contributed by atoms with Gasteiger partial charge >= 0.3 is 0 Å². The van der Waals surface area contributed by atoms with E-state index in [1.807, 2.05) is 0 Å². The van der Waals surface area contributed by atoms with Crippen LogP contribution in [0.5, 0.6) is 11.5 Å². The number of carbonyl (C=O) groups excluding carboxylic acids is 1. The second-order valence-electron chi connectivity index (χ2n) is 4.03. The van der Waals surface area contributed by atoms with Gasteiger partial charge in [-0.2, -0.15) is 0 Å². The number of hydrogen-bond donors (Lipinski definition) is 1. The maximum Gasteiger partial charge on any atom is 0.274 e. The molecular weight excluding hydrogens is 272 g/mol. The zero-order valence-corrected chi connectivity index (χ0v) is 11.7. The predicted octanol–water partition coefficient (Wildman–Crippen LogP) is 1.72. The molecule has 1 aromatic carbocycles. The number of ether oxygens (including phenoxy) is 2. The Morgan fingerprint density at radius 3 is 2.76 bits per heavy atom. The van der Waals surface area contributed by atoms with Crippen LogP contribution in [0.1, 0.15) is 10.5 Å². The third-order valence-electron chi connectivity index (χ3n) is 2.76. The maximum absolute atomic E-state index is 11.7. The van der Waals surface area contributed by atoms with Crippen LogP contribution in [0.25, 0.3) is 11.3 Å². The minimum Gasteiger partial charge on any atom is -0.493 e. The number of carbonyl (C=O) groups is 1. The van der Waals surface area contributed by atoms with E-state index in [0.717, 1.165) is 5.56 Å². The average molecular weight is 286 g/mol. The van der Waals surface area contributed by atoms with Crippen molar-refractivity contribution in [1.29, 1.82) is 0 Å². The summed E-state index contributed by atoms with van der Waals surface area (Å²) in [5.74, 6) is 3.54. The lowest BCUT2D eigenvalue weighted by atomic mass is 10.1. The molecule has 0 radical (unpaired) electrons. The van der Waals surface area contributed by atoms with Crippen LogP contribution in [-0.4, -0.2) is 31.8 Å².